The van der Waals surface area contributed by atoms with Crippen LogP contribution in [0.5, 0.6) is 5.75 Å². The van der Waals surface area contributed by atoms with Crippen molar-refractivity contribution in [3.05, 3.63) is 60.5 Å². The lowest BCUT2D eigenvalue weighted by molar-refractivity contribution is 0.436. The molecule has 0 aliphatic carbocycles. The standard InChI is InChI=1S/C13H10N2O/c1-3-10-12(4-2)16-13-7-9(8-14)5-6-11(13)15-10/h3-7,15H,1-2H2. The molecule has 1 aromatic carbocycles. The lowest BCUT2D eigenvalue weighted by Gasteiger charge is -2.21. The topological polar surface area (TPSA) is 45.0 Å². The van der Waals surface area contributed by atoms with Gasteiger partial charge in [-0.15, -0.1) is 0 Å². The molecule has 0 amide bonds. The third-order valence-corrected chi connectivity index (χ3v) is 2.25. The summed E-state index contributed by atoms with van der Waals surface area (Å²) in [6.45, 7) is 7.35. The van der Waals surface area contributed by atoms with Crippen LogP contribution < -0.4 is 10.1 Å². The van der Waals surface area contributed by atoms with Gasteiger partial charge in [-0.05, 0) is 24.3 Å². The van der Waals surface area contributed by atoms with E-state index < -0.39 is 0 Å². The average Bonchev–Trinajstić information content (AvgIpc) is 2.36. The van der Waals surface area contributed by atoms with E-state index in [1.54, 1.807) is 30.4 Å². The Bertz CT molecular complexity index is 535. The molecule has 0 unspecified atom stereocenters. The molecule has 1 heterocycles. The van der Waals surface area contributed by atoms with Gasteiger partial charge in [0.05, 0.1) is 23.0 Å². The minimum absolute atomic E-state index is 0.561. The van der Waals surface area contributed by atoms with E-state index in [0.29, 0.717) is 17.1 Å². The van der Waals surface area contributed by atoms with Gasteiger partial charge in [0.25, 0.3) is 0 Å². The summed E-state index contributed by atoms with van der Waals surface area (Å²) in [6.07, 6.45) is 3.27. The largest absolute Gasteiger partial charge is 0.453 e. The van der Waals surface area contributed by atoms with Gasteiger partial charge in [-0.25, -0.2) is 0 Å². The number of nitriles is 1. The van der Waals surface area contributed by atoms with Crippen LogP contribution in [0, 0.1) is 11.3 Å². The van der Waals surface area contributed by atoms with Crippen molar-refractivity contribution in [1.29, 1.82) is 5.26 Å². The van der Waals surface area contributed by atoms with E-state index in [2.05, 4.69) is 24.5 Å². The number of nitrogens with one attached hydrogen (secondary N) is 1. The summed E-state index contributed by atoms with van der Waals surface area (Å²) in [5.41, 5.74) is 2.15. The molecular weight excluding hydrogens is 200 g/mol. The Morgan fingerprint density at radius 3 is 2.75 bits per heavy atom. The van der Waals surface area contributed by atoms with Gasteiger partial charge in [-0.3, -0.25) is 0 Å². The number of ether oxygens (including phenoxy) is 1. The van der Waals surface area contributed by atoms with Crippen LogP contribution in [0.2, 0.25) is 0 Å². The van der Waals surface area contributed by atoms with Crippen LogP contribution in [0.15, 0.2) is 55.0 Å². The first-order chi connectivity index (χ1) is 7.78. The van der Waals surface area contributed by atoms with Gasteiger partial charge in [0.15, 0.2) is 5.75 Å². The van der Waals surface area contributed by atoms with Crippen LogP contribution in [0.4, 0.5) is 5.69 Å². The van der Waals surface area contributed by atoms with Gasteiger partial charge in [0, 0.05) is 6.07 Å². The van der Waals surface area contributed by atoms with Gasteiger partial charge in [-0.1, -0.05) is 13.2 Å². The van der Waals surface area contributed by atoms with Crippen molar-refractivity contribution >= 4 is 5.69 Å². The maximum absolute atomic E-state index is 8.79. The molecular formula is C13H10N2O. The fourth-order valence-electron chi connectivity index (χ4n) is 1.46. The number of rotatable bonds is 2. The van der Waals surface area contributed by atoms with Gasteiger partial charge < -0.3 is 10.1 Å². The summed E-state index contributed by atoms with van der Waals surface area (Å²) < 4.78 is 5.60. The maximum Gasteiger partial charge on any atom is 0.152 e. The molecule has 1 N–H and O–H groups in total. The number of benzene rings is 1. The highest BCUT2D eigenvalue weighted by atomic mass is 16.5. The average molecular weight is 210 g/mol. The van der Waals surface area contributed by atoms with Crippen LogP contribution in [0.25, 0.3) is 0 Å². The molecule has 3 heteroatoms. The molecule has 78 valence electrons. The molecule has 3 nitrogen and oxygen atoms in total. The highest BCUT2D eigenvalue weighted by Crippen LogP contribution is 2.33. The number of hydrogen-bond donors (Lipinski definition) is 1. The Hall–Kier alpha value is -2.47. The molecule has 0 radical (unpaired) electrons. The van der Waals surface area contributed by atoms with Gasteiger partial charge >= 0.3 is 0 Å². The summed E-state index contributed by atoms with van der Waals surface area (Å²) in [7, 11) is 0. The SMILES string of the molecule is C=CC1=C(C=C)Oc2cc(C#N)ccc2N1. The van der Waals surface area contributed by atoms with Crippen molar-refractivity contribution in [2.45, 2.75) is 0 Å². The maximum atomic E-state index is 8.79. The van der Waals surface area contributed by atoms with Crippen LogP contribution in [-0.2, 0) is 0 Å². The van der Waals surface area contributed by atoms with E-state index in [9.17, 15) is 0 Å². The van der Waals surface area contributed by atoms with Crippen molar-refractivity contribution in [1.82, 2.24) is 0 Å². The Kier molecular flexibility index (Phi) is 2.49. The monoisotopic (exact) mass is 210 g/mol. The molecule has 16 heavy (non-hydrogen) atoms. The summed E-state index contributed by atoms with van der Waals surface area (Å²) in [5, 5.41) is 11.9. The molecule has 1 aliphatic heterocycles. The second-order valence-corrected chi connectivity index (χ2v) is 3.24. The second-order valence-electron chi connectivity index (χ2n) is 3.24. The first-order valence-electron chi connectivity index (χ1n) is 4.76. The first-order valence-corrected chi connectivity index (χ1v) is 4.76. The normalized spacial score (nSPS) is 12.9. The molecule has 0 fully saturated rings. The zero-order valence-corrected chi connectivity index (χ0v) is 8.66. The Morgan fingerprint density at radius 1 is 1.31 bits per heavy atom. The molecule has 0 atom stereocenters. The van der Waals surface area contributed by atoms with Crippen LogP contribution in [0.1, 0.15) is 5.56 Å². The number of nitrogens with zero attached hydrogens (tertiary/aromatic N) is 1. The van der Waals surface area contributed by atoms with Crippen LogP contribution >= 0.6 is 0 Å². The van der Waals surface area contributed by atoms with Crippen molar-refractivity contribution in [2.24, 2.45) is 0 Å². The van der Waals surface area contributed by atoms with E-state index in [1.165, 1.54) is 0 Å². The Morgan fingerprint density at radius 2 is 2.12 bits per heavy atom. The Balaban J connectivity index is 2.47. The summed E-state index contributed by atoms with van der Waals surface area (Å²) >= 11 is 0. The quantitative estimate of drug-likeness (QED) is 0.816. The molecule has 1 aliphatic rings. The minimum Gasteiger partial charge on any atom is -0.453 e. The van der Waals surface area contributed by atoms with Crippen molar-refractivity contribution in [3.8, 4) is 11.8 Å². The van der Waals surface area contributed by atoms with E-state index in [-0.39, 0.29) is 0 Å². The molecule has 1 aromatic rings. The molecule has 0 saturated carbocycles. The van der Waals surface area contributed by atoms with Crippen molar-refractivity contribution < 1.29 is 4.74 Å². The van der Waals surface area contributed by atoms with Gasteiger partial charge in [0.1, 0.15) is 5.76 Å². The lowest BCUT2D eigenvalue weighted by atomic mass is 10.1. The molecule has 0 spiro atoms. The number of hydrogen-bond acceptors (Lipinski definition) is 3. The van der Waals surface area contributed by atoms with Gasteiger partial charge in [-0.2, -0.15) is 5.26 Å². The summed E-state index contributed by atoms with van der Waals surface area (Å²) in [4.78, 5) is 0. The van der Waals surface area contributed by atoms with Gasteiger partial charge in [0.2, 0.25) is 0 Å². The van der Waals surface area contributed by atoms with Crippen LogP contribution in [0.3, 0.4) is 0 Å². The predicted molar refractivity (Wildman–Crippen MR) is 62.8 cm³/mol. The third kappa shape index (κ3) is 1.57. The highest BCUT2D eigenvalue weighted by Gasteiger charge is 2.15. The highest BCUT2D eigenvalue weighted by molar-refractivity contribution is 5.66. The Labute approximate surface area is 94.0 Å². The zero-order valence-electron chi connectivity index (χ0n) is 8.66. The summed E-state index contributed by atoms with van der Waals surface area (Å²) in [5.74, 6) is 1.23. The van der Waals surface area contributed by atoms with E-state index in [1.807, 2.05) is 0 Å². The zero-order chi connectivity index (χ0) is 11.5. The van der Waals surface area contributed by atoms with E-state index >= 15 is 0 Å². The van der Waals surface area contributed by atoms with Crippen LogP contribution in [-0.4, -0.2) is 0 Å². The fourth-order valence-corrected chi connectivity index (χ4v) is 1.46. The summed E-state index contributed by atoms with van der Waals surface area (Å²) in [6, 6.07) is 7.29. The molecule has 2 rings (SSSR count). The fraction of sp³-hybridized carbons (Fsp3) is 0. The smallest absolute Gasteiger partial charge is 0.152 e. The molecule has 0 saturated heterocycles. The van der Waals surface area contributed by atoms with Crippen molar-refractivity contribution in [3.63, 3.8) is 0 Å². The van der Waals surface area contributed by atoms with E-state index in [0.717, 1.165) is 11.4 Å². The van der Waals surface area contributed by atoms with Crippen molar-refractivity contribution in [2.75, 3.05) is 5.32 Å². The second kappa shape index (κ2) is 3.95. The number of anilines is 1. The first kappa shape index (κ1) is 10.1. The lowest BCUT2D eigenvalue weighted by Crippen LogP contribution is -2.11. The van der Waals surface area contributed by atoms with E-state index in [4.69, 9.17) is 10.00 Å². The predicted octanol–water partition coefficient (Wildman–Crippen LogP) is 2.95. The molecule has 0 bridgehead atoms. The number of fused-ring (bicyclic) bond motifs is 1. The minimum atomic E-state index is 0.561. The third-order valence-electron chi connectivity index (χ3n) is 2.25. The number of allylic oxidation sites excluding steroid dienone is 2. The molecule has 0 aromatic heterocycles.